The van der Waals surface area contributed by atoms with E-state index < -0.39 is 0 Å². The maximum Gasteiger partial charge on any atom is 0.319 e. The fraction of sp³-hybridized carbons (Fsp3) is 0.190. The van der Waals surface area contributed by atoms with Crippen LogP contribution in [0.25, 0.3) is 5.69 Å². The lowest BCUT2D eigenvalue weighted by molar-refractivity contribution is 0.0954. The van der Waals surface area contributed by atoms with Crippen molar-refractivity contribution in [1.82, 2.24) is 20.4 Å². The van der Waals surface area contributed by atoms with Crippen molar-refractivity contribution >= 4 is 40.8 Å². The van der Waals surface area contributed by atoms with Crippen LogP contribution < -0.4 is 16.0 Å². The number of carbonyl (C=O) groups excluding carboxylic acids is 2. The summed E-state index contributed by atoms with van der Waals surface area (Å²) in [5.74, 6) is -0.299. The Morgan fingerprint density at radius 2 is 1.67 bits per heavy atom. The van der Waals surface area contributed by atoms with Gasteiger partial charge < -0.3 is 16.0 Å². The molecule has 0 aliphatic rings. The average Bonchev–Trinajstić information content (AvgIpc) is 3.02. The number of nitrogens with one attached hydrogen (secondary N) is 3. The van der Waals surface area contributed by atoms with Crippen molar-refractivity contribution in [3.8, 4) is 5.69 Å². The molecule has 0 fully saturated rings. The van der Waals surface area contributed by atoms with Crippen LogP contribution in [0.15, 0.2) is 48.5 Å². The van der Waals surface area contributed by atoms with Crippen LogP contribution in [-0.4, -0.2) is 34.8 Å². The van der Waals surface area contributed by atoms with Gasteiger partial charge >= 0.3 is 6.03 Å². The molecule has 7 nitrogen and oxygen atoms in total. The van der Waals surface area contributed by atoms with E-state index in [0.717, 1.165) is 11.4 Å². The van der Waals surface area contributed by atoms with Gasteiger partial charge in [0.05, 0.1) is 32.8 Å². The maximum absolute atomic E-state index is 12.3. The lowest BCUT2D eigenvalue weighted by Crippen LogP contribution is -2.37. The minimum atomic E-state index is -0.377. The standard InChI is InChI=1S/C21H21Cl2N5O2/c1-13-19(14(2)28(27-13)16-6-4-3-5-7-16)26-21(30)25-11-10-24-20(29)15-8-9-17(22)18(23)12-15/h3-9,12H,10-11H2,1-2H3,(H,24,29)(H2,25,26,30). The van der Waals surface area contributed by atoms with Crippen LogP contribution in [0.1, 0.15) is 21.7 Å². The second-order valence-corrected chi connectivity index (χ2v) is 7.37. The largest absolute Gasteiger partial charge is 0.350 e. The summed E-state index contributed by atoms with van der Waals surface area (Å²) in [6, 6.07) is 13.9. The van der Waals surface area contributed by atoms with Crippen molar-refractivity contribution in [1.29, 1.82) is 0 Å². The van der Waals surface area contributed by atoms with Gasteiger partial charge in [0.1, 0.15) is 0 Å². The highest BCUT2D eigenvalue weighted by Crippen LogP contribution is 2.23. The van der Waals surface area contributed by atoms with Gasteiger partial charge in [0.15, 0.2) is 0 Å². The first kappa shape index (κ1) is 21.7. The highest BCUT2D eigenvalue weighted by Gasteiger charge is 2.15. The molecule has 3 aromatic rings. The number of aromatic nitrogens is 2. The normalized spacial score (nSPS) is 10.5. The Bertz CT molecular complexity index is 1070. The molecule has 2 aromatic carbocycles. The molecule has 0 aliphatic heterocycles. The van der Waals surface area contributed by atoms with Crippen molar-refractivity contribution in [2.45, 2.75) is 13.8 Å². The summed E-state index contributed by atoms with van der Waals surface area (Å²) in [6.07, 6.45) is 0. The predicted molar refractivity (Wildman–Crippen MR) is 119 cm³/mol. The van der Waals surface area contributed by atoms with Gasteiger partial charge in [-0.25, -0.2) is 9.48 Å². The van der Waals surface area contributed by atoms with E-state index in [-0.39, 0.29) is 25.0 Å². The van der Waals surface area contributed by atoms with Crippen LogP contribution in [0.4, 0.5) is 10.5 Å². The van der Waals surface area contributed by atoms with Gasteiger partial charge in [-0.2, -0.15) is 5.10 Å². The molecular weight excluding hydrogens is 425 g/mol. The van der Waals surface area contributed by atoms with Crippen LogP contribution >= 0.6 is 23.2 Å². The zero-order valence-corrected chi connectivity index (χ0v) is 18.0. The highest BCUT2D eigenvalue weighted by molar-refractivity contribution is 6.42. The molecule has 0 aliphatic carbocycles. The molecule has 0 unspecified atom stereocenters. The molecule has 0 bridgehead atoms. The Kier molecular flexibility index (Phi) is 6.97. The molecule has 30 heavy (non-hydrogen) atoms. The molecule has 0 saturated heterocycles. The minimum absolute atomic E-state index is 0.254. The van der Waals surface area contributed by atoms with Crippen LogP contribution in [0.5, 0.6) is 0 Å². The number of nitrogens with zero attached hydrogens (tertiary/aromatic N) is 2. The summed E-state index contributed by atoms with van der Waals surface area (Å²) in [7, 11) is 0. The van der Waals surface area contributed by atoms with E-state index in [1.807, 2.05) is 44.2 Å². The lowest BCUT2D eigenvalue weighted by atomic mass is 10.2. The first-order chi connectivity index (χ1) is 14.4. The molecule has 3 rings (SSSR count). The summed E-state index contributed by atoms with van der Waals surface area (Å²) in [6.45, 7) is 4.23. The van der Waals surface area contributed by atoms with Crippen molar-refractivity contribution < 1.29 is 9.59 Å². The van der Waals surface area contributed by atoms with Crippen molar-refractivity contribution in [3.05, 3.63) is 75.5 Å². The van der Waals surface area contributed by atoms with E-state index in [1.165, 1.54) is 6.07 Å². The van der Waals surface area contributed by atoms with E-state index in [1.54, 1.807) is 16.8 Å². The number of anilines is 1. The molecule has 156 valence electrons. The van der Waals surface area contributed by atoms with E-state index >= 15 is 0 Å². The van der Waals surface area contributed by atoms with Crippen LogP contribution in [0, 0.1) is 13.8 Å². The van der Waals surface area contributed by atoms with Gasteiger partial charge in [0.2, 0.25) is 0 Å². The topological polar surface area (TPSA) is 88.1 Å². The fourth-order valence-electron chi connectivity index (χ4n) is 2.89. The number of halogens is 2. The third-order valence-corrected chi connectivity index (χ3v) is 5.15. The first-order valence-corrected chi connectivity index (χ1v) is 10.0. The number of benzene rings is 2. The van der Waals surface area contributed by atoms with Gasteiger partial charge in [-0.15, -0.1) is 0 Å². The Labute approximate surface area is 184 Å². The molecule has 1 aromatic heterocycles. The third kappa shape index (κ3) is 5.11. The number of rotatable bonds is 6. The molecule has 3 N–H and O–H groups in total. The Morgan fingerprint density at radius 3 is 2.37 bits per heavy atom. The second-order valence-electron chi connectivity index (χ2n) is 6.56. The zero-order valence-electron chi connectivity index (χ0n) is 16.5. The summed E-state index contributed by atoms with van der Waals surface area (Å²) in [5, 5.41) is 13.4. The van der Waals surface area contributed by atoms with E-state index in [2.05, 4.69) is 21.0 Å². The van der Waals surface area contributed by atoms with E-state index in [4.69, 9.17) is 23.2 Å². The molecule has 1 heterocycles. The number of aryl methyl sites for hydroxylation is 1. The van der Waals surface area contributed by atoms with Gasteiger partial charge in [-0.1, -0.05) is 41.4 Å². The summed E-state index contributed by atoms with van der Waals surface area (Å²) < 4.78 is 1.78. The number of para-hydroxylation sites is 1. The maximum atomic E-state index is 12.3. The Hall–Kier alpha value is -3.03. The van der Waals surface area contributed by atoms with Gasteiger partial charge in [0, 0.05) is 18.7 Å². The quantitative estimate of drug-likeness (QED) is 0.492. The number of hydrogen-bond donors (Lipinski definition) is 3. The van der Waals surface area contributed by atoms with Crippen LogP contribution in [0.3, 0.4) is 0 Å². The highest BCUT2D eigenvalue weighted by atomic mass is 35.5. The van der Waals surface area contributed by atoms with E-state index in [0.29, 0.717) is 27.0 Å². The number of urea groups is 1. The summed E-state index contributed by atoms with van der Waals surface area (Å²) >= 11 is 11.8. The monoisotopic (exact) mass is 445 g/mol. The lowest BCUT2D eigenvalue weighted by Gasteiger charge is -2.10. The van der Waals surface area contributed by atoms with E-state index in [9.17, 15) is 9.59 Å². The zero-order chi connectivity index (χ0) is 21.7. The number of amides is 3. The fourth-order valence-corrected chi connectivity index (χ4v) is 3.19. The predicted octanol–water partition coefficient (Wildman–Crippen LogP) is 4.35. The Morgan fingerprint density at radius 1 is 0.967 bits per heavy atom. The summed E-state index contributed by atoms with van der Waals surface area (Å²) in [4.78, 5) is 24.4. The molecule has 0 saturated carbocycles. The number of hydrogen-bond acceptors (Lipinski definition) is 3. The van der Waals surface area contributed by atoms with Gasteiger partial charge in [-0.3, -0.25) is 4.79 Å². The average molecular weight is 446 g/mol. The third-order valence-electron chi connectivity index (χ3n) is 4.41. The SMILES string of the molecule is Cc1nn(-c2ccccc2)c(C)c1NC(=O)NCCNC(=O)c1ccc(Cl)c(Cl)c1. The van der Waals surface area contributed by atoms with Gasteiger partial charge in [0.25, 0.3) is 5.91 Å². The van der Waals surface area contributed by atoms with Crippen LogP contribution in [-0.2, 0) is 0 Å². The number of carbonyl (C=O) groups is 2. The molecule has 0 atom stereocenters. The molecule has 0 spiro atoms. The van der Waals surface area contributed by atoms with Crippen molar-refractivity contribution in [3.63, 3.8) is 0 Å². The van der Waals surface area contributed by atoms with Crippen molar-refractivity contribution in [2.75, 3.05) is 18.4 Å². The molecule has 9 heteroatoms. The smallest absolute Gasteiger partial charge is 0.319 e. The second kappa shape index (κ2) is 9.65. The first-order valence-electron chi connectivity index (χ1n) is 9.26. The minimum Gasteiger partial charge on any atom is -0.350 e. The summed E-state index contributed by atoms with van der Waals surface area (Å²) in [5.41, 5.74) is 3.49. The van der Waals surface area contributed by atoms with Crippen LogP contribution in [0.2, 0.25) is 10.0 Å². The molecule has 3 amide bonds. The van der Waals surface area contributed by atoms with Crippen molar-refractivity contribution in [2.24, 2.45) is 0 Å². The van der Waals surface area contributed by atoms with Gasteiger partial charge in [-0.05, 0) is 44.2 Å². The molecular formula is C21H21Cl2N5O2. The Balaban J connectivity index is 1.51. The molecule has 0 radical (unpaired) electrons.